The van der Waals surface area contributed by atoms with E-state index in [0.717, 1.165) is 24.0 Å². The van der Waals surface area contributed by atoms with E-state index in [0.29, 0.717) is 36.2 Å². The summed E-state index contributed by atoms with van der Waals surface area (Å²) < 4.78 is 0. The number of para-hydroxylation sites is 1. The number of carbonyl (C=O) groups excluding carboxylic acids is 1. The predicted octanol–water partition coefficient (Wildman–Crippen LogP) is 2.54. The molecule has 10 heteroatoms. The third-order valence-corrected chi connectivity index (χ3v) is 6.01. The van der Waals surface area contributed by atoms with Gasteiger partial charge in [-0.15, -0.1) is 0 Å². The number of nitrogen functional groups attached to an aromatic ring is 1. The molecule has 2 aromatic rings. The van der Waals surface area contributed by atoms with Crippen molar-refractivity contribution < 1.29 is 9.82 Å². The van der Waals surface area contributed by atoms with Crippen molar-refractivity contribution in [2.45, 2.75) is 39.2 Å². The standard InChI is InChI=1S/C19H24BClN6O2/c1-12-4-3-5-15(21)16(12)26-11-13-10-23-18(22)24-17(13)27(19(26)28)14-6-8-25(9-7-14)20(2)29/h3-5,10,14,29H,6-9,11H2,1-2H3,(H2,22,23,24). The second-order valence-electron chi connectivity index (χ2n) is 7.62. The lowest BCUT2D eigenvalue weighted by Gasteiger charge is -2.43. The van der Waals surface area contributed by atoms with Crippen LogP contribution in [0.15, 0.2) is 24.4 Å². The van der Waals surface area contributed by atoms with Crippen LogP contribution in [0.5, 0.6) is 0 Å². The molecule has 0 spiro atoms. The molecule has 0 aliphatic carbocycles. The minimum atomic E-state index is -0.500. The predicted molar refractivity (Wildman–Crippen MR) is 115 cm³/mol. The largest absolute Gasteiger partial charge is 0.437 e. The molecule has 4 rings (SSSR count). The van der Waals surface area contributed by atoms with Crippen LogP contribution in [0.1, 0.15) is 24.0 Å². The van der Waals surface area contributed by atoms with Gasteiger partial charge >= 0.3 is 13.1 Å². The smallest absolute Gasteiger partial charge is 0.376 e. The van der Waals surface area contributed by atoms with Crippen LogP contribution in [0.3, 0.4) is 0 Å². The maximum atomic E-state index is 13.6. The molecule has 29 heavy (non-hydrogen) atoms. The van der Waals surface area contributed by atoms with E-state index in [1.165, 1.54) is 0 Å². The number of urea groups is 1. The first kappa shape index (κ1) is 19.9. The Kier molecular flexibility index (Phi) is 5.37. The van der Waals surface area contributed by atoms with Gasteiger partial charge in [0.15, 0.2) is 0 Å². The lowest BCUT2D eigenvalue weighted by molar-refractivity contribution is 0.238. The Morgan fingerprint density at radius 3 is 2.69 bits per heavy atom. The van der Waals surface area contributed by atoms with E-state index in [1.807, 2.05) is 23.9 Å². The SMILES string of the molecule is CB(O)N1CCC(N2C(=O)N(c3c(C)cccc3Cl)Cc3cnc(N)nc32)CC1. The van der Waals surface area contributed by atoms with Gasteiger partial charge in [0, 0.05) is 17.8 Å². The number of hydrogen-bond donors (Lipinski definition) is 2. The number of hydrogen-bond acceptors (Lipinski definition) is 6. The number of piperidine rings is 1. The normalized spacial score (nSPS) is 18.1. The Morgan fingerprint density at radius 1 is 1.31 bits per heavy atom. The zero-order valence-corrected chi connectivity index (χ0v) is 17.3. The maximum absolute atomic E-state index is 13.6. The Hall–Kier alpha value is -2.36. The van der Waals surface area contributed by atoms with Crippen molar-refractivity contribution in [3.8, 4) is 0 Å². The van der Waals surface area contributed by atoms with Crippen LogP contribution in [-0.2, 0) is 6.54 Å². The molecule has 3 N–H and O–H groups in total. The van der Waals surface area contributed by atoms with Gasteiger partial charge in [0.2, 0.25) is 5.95 Å². The highest BCUT2D eigenvalue weighted by atomic mass is 35.5. The quantitative estimate of drug-likeness (QED) is 0.749. The molecule has 3 heterocycles. The second kappa shape index (κ2) is 7.81. The summed E-state index contributed by atoms with van der Waals surface area (Å²) in [5.41, 5.74) is 8.30. The van der Waals surface area contributed by atoms with Crippen LogP contribution >= 0.6 is 11.6 Å². The number of nitrogens with two attached hydrogens (primary N) is 1. The highest BCUT2D eigenvalue weighted by molar-refractivity contribution is 6.45. The fourth-order valence-corrected chi connectivity index (χ4v) is 4.50. The highest BCUT2D eigenvalue weighted by Crippen LogP contribution is 2.38. The van der Waals surface area contributed by atoms with Gasteiger partial charge < -0.3 is 15.6 Å². The summed E-state index contributed by atoms with van der Waals surface area (Å²) in [6.45, 7) is 5.44. The number of nitrogens with zero attached hydrogens (tertiary/aromatic N) is 5. The summed E-state index contributed by atoms with van der Waals surface area (Å²) in [4.78, 5) is 27.6. The van der Waals surface area contributed by atoms with E-state index < -0.39 is 7.05 Å². The third kappa shape index (κ3) is 3.65. The van der Waals surface area contributed by atoms with Crippen molar-refractivity contribution in [3.05, 3.63) is 40.5 Å². The first-order valence-electron chi connectivity index (χ1n) is 9.76. The van der Waals surface area contributed by atoms with Gasteiger partial charge in [-0.2, -0.15) is 4.98 Å². The molecular weight excluding hydrogens is 391 g/mol. The van der Waals surface area contributed by atoms with Crippen LogP contribution in [0.2, 0.25) is 11.8 Å². The number of anilines is 3. The van der Waals surface area contributed by atoms with Crippen molar-refractivity contribution in [2.24, 2.45) is 0 Å². The van der Waals surface area contributed by atoms with E-state index in [9.17, 15) is 9.82 Å². The fraction of sp³-hybridized carbons (Fsp3) is 0.421. The third-order valence-electron chi connectivity index (χ3n) is 5.71. The first-order valence-corrected chi connectivity index (χ1v) is 10.1. The molecule has 0 bridgehead atoms. The van der Waals surface area contributed by atoms with Crippen molar-refractivity contribution in [1.82, 2.24) is 14.8 Å². The van der Waals surface area contributed by atoms with E-state index >= 15 is 0 Å². The molecule has 1 aromatic carbocycles. The van der Waals surface area contributed by atoms with Crippen molar-refractivity contribution >= 4 is 42.1 Å². The van der Waals surface area contributed by atoms with Crippen molar-refractivity contribution in [1.29, 1.82) is 0 Å². The van der Waals surface area contributed by atoms with Crippen LogP contribution in [-0.4, -0.2) is 52.0 Å². The minimum Gasteiger partial charge on any atom is -0.437 e. The molecule has 2 aliphatic rings. The van der Waals surface area contributed by atoms with Gasteiger partial charge in [-0.1, -0.05) is 23.7 Å². The molecule has 1 aromatic heterocycles. The first-order chi connectivity index (χ1) is 13.9. The molecule has 0 atom stereocenters. The van der Waals surface area contributed by atoms with Crippen molar-refractivity contribution in [2.75, 3.05) is 28.6 Å². The monoisotopic (exact) mass is 414 g/mol. The molecule has 152 valence electrons. The summed E-state index contributed by atoms with van der Waals surface area (Å²) >= 11 is 6.47. The number of halogens is 1. The van der Waals surface area contributed by atoms with E-state index in [4.69, 9.17) is 17.3 Å². The fourth-order valence-electron chi connectivity index (χ4n) is 4.18. The van der Waals surface area contributed by atoms with Gasteiger partial charge in [0.25, 0.3) is 0 Å². The Morgan fingerprint density at radius 2 is 2.03 bits per heavy atom. The molecule has 0 unspecified atom stereocenters. The Balaban J connectivity index is 1.73. The van der Waals surface area contributed by atoms with Gasteiger partial charge in [-0.25, -0.2) is 9.78 Å². The molecule has 2 aliphatic heterocycles. The zero-order chi connectivity index (χ0) is 20.7. The number of aromatic nitrogens is 2. The van der Waals surface area contributed by atoms with Crippen LogP contribution in [0.4, 0.5) is 22.2 Å². The van der Waals surface area contributed by atoms with Crippen LogP contribution < -0.4 is 15.5 Å². The molecule has 0 radical (unpaired) electrons. The number of carbonyl (C=O) groups is 1. The summed E-state index contributed by atoms with van der Waals surface area (Å²) in [5.74, 6) is 0.712. The molecular formula is C19H24BClN6O2. The van der Waals surface area contributed by atoms with Crippen LogP contribution in [0.25, 0.3) is 0 Å². The van der Waals surface area contributed by atoms with Crippen molar-refractivity contribution in [3.63, 3.8) is 0 Å². The zero-order valence-electron chi connectivity index (χ0n) is 16.5. The maximum Gasteiger partial charge on any atom is 0.376 e. The average Bonchev–Trinajstić information content (AvgIpc) is 2.68. The van der Waals surface area contributed by atoms with E-state index in [1.54, 1.807) is 28.9 Å². The molecule has 1 saturated heterocycles. The van der Waals surface area contributed by atoms with E-state index in [2.05, 4.69) is 9.97 Å². The number of benzene rings is 1. The molecule has 2 amide bonds. The van der Waals surface area contributed by atoms with Gasteiger partial charge in [0.05, 0.1) is 17.3 Å². The lowest BCUT2D eigenvalue weighted by Crippen LogP contribution is -2.56. The lowest BCUT2D eigenvalue weighted by atomic mass is 9.82. The summed E-state index contributed by atoms with van der Waals surface area (Å²) in [6.07, 6.45) is 3.14. The van der Waals surface area contributed by atoms with E-state index in [-0.39, 0.29) is 18.0 Å². The number of aryl methyl sites for hydroxylation is 1. The summed E-state index contributed by atoms with van der Waals surface area (Å²) in [6, 6.07) is 5.39. The van der Waals surface area contributed by atoms with Crippen LogP contribution in [0, 0.1) is 6.92 Å². The minimum absolute atomic E-state index is 0.0452. The molecule has 1 fully saturated rings. The summed E-state index contributed by atoms with van der Waals surface area (Å²) in [5, 5.41) is 10.4. The average molecular weight is 415 g/mol. The Labute approximate surface area is 175 Å². The number of fused-ring (bicyclic) bond motifs is 1. The topological polar surface area (TPSA) is 98.8 Å². The Bertz CT molecular complexity index is 915. The highest BCUT2D eigenvalue weighted by Gasteiger charge is 2.40. The molecule has 0 saturated carbocycles. The number of amides is 2. The van der Waals surface area contributed by atoms with Gasteiger partial charge in [-0.3, -0.25) is 9.80 Å². The van der Waals surface area contributed by atoms with Gasteiger partial charge in [-0.05, 0) is 51.3 Å². The van der Waals surface area contributed by atoms with Gasteiger partial charge in [0.1, 0.15) is 5.82 Å². The summed E-state index contributed by atoms with van der Waals surface area (Å²) in [7, 11) is -0.500. The number of rotatable bonds is 3. The molecule has 8 nitrogen and oxygen atoms in total. The second-order valence-corrected chi connectivity index (χ2v) is 8.03.